The number of hydrogen-bond acceptors (Lipinski definition) is 1. The summed E-state index contributed by atoms with van der Waals surface area (Å²) in [6, 6.07) is 2.64. The molecule has 0 N–H and O–H groups in total. The number of halogens is 1. The minimum atomic E-state index is 0.145. The second kappa shape index (κ2) is 6.12. The van der Waals surface area contributed by atoms with Gasteiger partial charge in [-0.3, -0.25) is 4.79 Å². The Hall–Kier alpha value is -0.770. The molecule has 0 aromatic carbocycles. The summed E-state index contributed by atoms with van der Waals surface area (Å²) >= 11 is 3.47. The average Bonchev–Trinajstić information content (AvgIpc) is 2.80. The Morgan fingerprint density at radius 3 is 2.58 bits per heavy atom. The minimum Gasteiger partial charge on any atom is -0.340 e. The van der Waals surface area contributed by atoms with E-state index >= 15 is 0 Å². The molecule has 1 fully saturated rings. The van der Waals surface area contributed by atoms with Gasteiger partial charge < -0.3 is 9.47 Å². The Balaban J connectivity index is 2.18. The van der Waals surface area contributed by atoms with E-state index in [1.807, 2.05) is 28.8 Å². The lowest BCUT2D eigenvalue weighted by molar-refractivity contribution is 0.0683. The molecule has 0 atom stereocenters. The first kappa shape index (κ1) is 14.6. The number of rotatable bonds is 3. The lowest BCUT2D eigenvalue weighted by Crippen LogP contribution is -2.39. The summed E-state index contributed by atoms with van der Waals surface area (Å²) in [5.41, 5.74) is 0.787. The van der Waals surface area contributed by atoms with E-state index in [4.69, 9.17) is 0 Å². The van der Waals surface area contributed by atoms with Crippen LogP contribution in [0.15, 0.2) is 16.7 Å². The molecule has 1 aliphatic carbocycles. The number of nitrogens with zero attached hydrogens (tertiary/aromatic N) is 2. The van der Waals surface area contributed by atoms with E-state index in [1.165, 1.54) is 19.3 Å². The molecule has 0 bridgehead atoms. The molecule has 0 unspecified atom stereocenters. The molecule has 0 radical (unpaired) electrons. The van der Waals surface area contributed by atoms with E-state index in [0.29, 0.717) is 12.1 Å². The predicted octanol–water partition coefficient (Wildman–Crippen LogP) is 4.24. The van der Waals surface area contributed by atoms with Crippen molar-refractivity contribution in [1.82, 2.24) is 9.47 Å². The molecule has 1 aliphatic rings. The third-order valence-corrected chi connectivity index (χ3v) is 4.47. The quantitative estimate of drug-likeness (QED) is 0.815. The molecule has 1 heterocycles. The van der Waals surface area contributed by atoms with Gasteiger partial charge in [-0.15, -0.1) is 0 Å². The van der Waals surface area contributed by atoms with Crippen LogP contribution in [-0.2, 0) is 0 Å². The zero-order valence-corrected chi connectivity index (χ0v) is 13.6. The maximum absolute atomic E-state index is 12.7. The fourth-order valence-electron chi connectivity index (χ4n) is 2.86. The van der Waals surface area contributed by atoms with Crippen LogP contribution in [-0.4, -0.2) is 28.5 Å². The van der Waals surface area contributed by atoms with Crippen molar-refractivity contribution in [2.75, 3.05) is 7.05 Å². The fourth-order valence-corrected chi connectivity index (χ4v) is 3.30. The van der Waals surface area contributed by atoms with Crippen LogP contribution in [0.25, 0.3) is 0 Å². The van der Waals surface area contributed by atoms with Crippen LogP contribution >= 0.6 is 15.9 Å². The summed E-state index contributed by atoms with van der Waals surface area (Å²) in [6.07, 6.45) is 8.09. The molecule has 0 spiro atoms. The van der Waals surface area contributed by atoms with Gasteiger partial charge in [-0.05, 0) is 48.7 Å². The van der Waals surface area contributed by atoms with Crippen LogP contribution in [0.3, 0.4) is 0 Å². The van der Waals surface area contributed by atoms with Crippen LogP contribution < -0.4 is 0 Å². The summed E-state index contributed by atoms with van der Waals surface area (Å²) in [4.78, 5) is 14.6. The van der Waals surface area contributed by atoms with E-state index in [2.05, 4.69) is 29.8 Å². The maximum Gasteiger partial charge on any atom is 0.270 e. The van der Waals surface area contributed by atoms with Crippen molar-refractivity contribution in [2.24, 2.45) is 0 Å². The van der Waals surface area contributed by atoms with Gasteiger partial charge in [-0.1, -0.05) is 19.3 Å². The second-order valence-electron chi connectivity index (χ2n) is 5.75. The van der Waals surface area contributed by atoms with Gasteiger partial charge in [0.2, 0.25) is 0 Å². The van der Waals surface area contributed by atoms with Crippen molar-refractivity contribution < 1.29 is 4.79 Å². The van der Waals surface area contributed by atoms with Gasteiger partial charge in [0.25, 0.3) is 5.91 Å². The highest BCUT2D eigenvalue weighted by molar-refractivity contribution is 9.10. The second-order valence-corrected chi connectivity index (χ2v) is 6.67. The Labute approximate surface area is 124 Å². The number of amides is 1. The highest BCUT2D eigenvalue weighted by Crippen LogP contribution is 2.25. The molecule has 2 rings (SSSR count). The van der Waals surface area contributed by atoms with Crippen LogP contribution in [0.2, 0.25) is 0 Å². The zero-order valence-electron chi connectivity index (χ0n) is 12.0. The summed E-state index contributed by atoms with van der Waals surface area (Å²) in [7, 11) is 1.95. The van der Waals surface area contributed by atoms with Crippen molar-refractivity contribution in [2.45, 2.75) is 58.0 Å². The van der Waals surface area contributed by atoms with Crippen LogP contribution in [0.5, 0.6) is 0 Å². The zero-order chi connectivity index (χ0) is 14.0. The van der Waals surface area contributed by atoms with Gasteiger partial charge in [-0.2, -0.15) is 0 Å². The van der Waals surface area contributed by atoms with Crippen LogP contribution in [0, 0.1) is 0 Å². The molecule has 1 aromatic heterocycles. The van der Waals surface area contributed by atoms with E-state index in [0.717, 1.165) is 23.0 Å². The summed E-state index contributed by atoms with van der Waals surface area (Å²) in [5.74, 6) is 0.145. The smallest absolute Gasteiger partial charge is 0.270 e. The Morgan fingerprint density at radius 1 is 1.37 bits per heavy atom. The molecule has 1 amide bonds. The average molecular weight is 327 g/mol. The fraction of sp³-hybridized carbons (Fsp3) is 0.667. The lowest BCUT2D eigenvalue weighted by atomic mass is 9.94. The van der Waals surface area contributed by atoms with Gasteiger partial charge >= 0.3 is 0 Å². The molecule has 0 saturated heterocycles. The van der Waals surface area contributed by atoms with Gasteiger partial charge in [0.15, 0.2) is 0 Å². The van der Waals surface area contributed by atoms with Gasteiger partial charge in [-0.25, -0.2) is 0 Å². The number of aromatic nitrogens is 1. The first-order chi connectivity index (χ1) is 9.00. The molecule has 1 saturated carbocycles. The number of carbonyl (C=O) groups is 1. The van der Waals surface area contributed by atoms with Gasteiger partial charge in [0, 0.05) is 29.8 Å². The molecule has 4 heteroatoms. The number of hydrogen-bond donors (Lipinski definition) is 0. The van der Waals surface area contributed by atoms with Crippen molar-refractivity contribution in [3.63, 3.8) is 0 Å². The van der Waals surface area contributed by atoms with E-state index in [9.17, 15) is 4.79 Å². The third-order valence-electron chi connectivity index (χ3n) is 4.03. The monoisotopic (exact) mass is 326 g/mol. The summed E-state index contributed by atoms with van der Waals surface area (Å²) < 4.78 is 3.02. The molecule has 3 nitrogen and oxygen atoms in total. The maximum atomic E-state index is 12.7. The number of carbonyl (C=O) groups excluding carboxylic acids is 1. The summed E-state index contributed by atoms with van der Waals surface area (Å²) in [5, 5.41) is 0. The minimum absolute atomic E-state index is 0.145. The topological polar surface area (TPSA) is 25.2 Å². The highest BCUT2D eigenvalue weighted by atomic mass is 79.9. The van der Waals surface area contributed by atoms with Crippen molar-refractivity contribution in [3.05, 3.63) is 22.4 Å². The Kier molecular flexibility index (Phi) is 4.71. The Bertz CT molecular complexity index is 447. The van der Waals surface area contributed by atoms with Gasteiger partial charge in [0.05, 0.1) is 0 Å². The molecule has 106 valence electrons. The highest BCUT2D eigenvalue weighted by Gasteiger charge is 2.25. The van der Waals surface area contributed by atoms with E-state index in [-0.39, 0.29) is 5.91 Å². The molecular weight excluding hydrogens is 304 g/mol. The van der Waals surface area contributed by atoms with Crippen molar-refractivity contribution >= 4 is 21.8 Å². The van der Waals surface area contributed by atoms with Crippen molar-refractivity contribution in [3.8, 4) is 0 Å². The molecule has 1 aromatic rings. The predicted molar refractivity (Wildman–Crippen MR) is 81.5 cm³/mol. The molecular formula is C15H23BrN2O. The lowest BCUT2D eigenvalue weighted by Gasteiger charge is -2.31. The van der Waals surface area contributed by atoms with Crippen LogP contribution in [0.4, 0.5) is 0 Å². The standard InChI is InChI=1S/C15H23BrN2O/c1-11(2)18-10-12(16)9-14(18)15(19)17(3)13-7-5-4-6-8-13/h9-11,13H,4-8H2,1-3H3. The molecule has 0 aliphatic heterocycles. The van der Waals surface area contributed by atoms with E-state index in [1.54, 1.807) is 0 Å². The largest absolute Gasteiger partial charge is 0.340 e. The normalized spacial score (nSPS) is 16.9. The van der Waals surface area contributed by atoms with Crippen LogP contribution in [0.1, 0.15) is 62.5 Å². The van der Waals surface area contributed by atoms with Crippen molar-refractivity contribution in [1.29, 1.82) is 0 Å². The molecule has 19 heavy (non-hydrogen) atoms. The first-order valence-electron chi connectivity index (χ1n) is 7.15. The van der Waals surface area contributed by atoms with E-state index < -0.39 is 0 Å². The Morgan fingerprint density at radius 2 is 2.00 bits per heavy atom. The SMILES string of the molecule is CC(C)n1cc(Br)cc1C(=O)N(C)C1CCCCC1. The third kappa shape index (κ3) is 3.22. The van der Waals surface area contributed by atoms with Gasteiger partial charge in [0.1, 0.15) is 5.69 Å². The summed E-state index contributed by atoms with van der Waals surface area (Å²) in [6.45, 7) is 4.20. The first-order valence-corrected chi connectivity index (χ1v) is 7.94.